The number of nitrogens with one attached hydrogen (secondary N) is 2. The van der Waals surface area contributed by atoms with E-state index >= 15 is 0 Å². The average Bonchev–Trinajstić information content (AvgIpc) is 2.63. The first-order valence-corrected chi connectivity index (χ1v) is 10.9. The summed E-state index contributed by atoms with van der Waals surface area (Å²) >= 11 is 0. The molecular formula is C18H30N4O3S. The number of methoxy groups -OCH3 is 1. The maximum absolute atomic E-state index is 11.5. The molecule has 1 saturated heterocycles. The average molecular weight is 383 g/mol. The van der Waals surface area contributed by atoms with Gasteiger partial charge in [0.1, 0.15) is 5.75 Å². The molecule has 2 N–H and O–H groups in total. The highest BCUT2D eigenvalue weighted by Crippen LogP contribution is 2.17. The van der Waals surface area contributed by atoms with Gasteiger partial charge in [-0.05, 0) is 25.0 Å². The second kappa shape index (κ2) is 10.4. The van der Waals surface area contributed by atoms with E-state index in [1.165, 1.54) is 0 Å². The van der Waals surface area contributed by atoms with Gasteiger partial charge in [-0.25, -0.2) is 8.42 Å². The van der Waals surface area contributed by atoms with Crippen LogP contribution in [0.4, 0.5) is 0 Å². The van der Waals surface area contributed by atoms with Crippen molar-refractivity contribution in [1.29, 1.82) is 0 Å². The maximum atomic E-state index is 11.5. The van der Waals surface area contributed by atoms with Crippen molar-refractivity contribution in [2.24, 2.45) is 4.99 Å². The quantitative estimate of drug-likeness (QED) is 0.504. The van der Waals surface area contributed by atoms with Crippen molar-refractivity contribution in [2.75, 3.05) is 57.9 Å². The summed E-state index contributed by atoms with van der Waals surface area (Å²) in [5.41, 5.74) is 1.16. The molecule has 8 heteroatoms. The Morgan fingerprint density at radius 3 is 2.65 bits per heavy atom. The van der Waals surface area contributed by atoms with Gasteiger partial charge in [-0.3, -0.25) is 9.89 Å². The highest BCUT2D eigenvalue weighted by Gasteiger charge is 2.20. The third-order valence-corrected chi connectivity index (χ3v) is 5.96. The first-order chi connectivity index (χ1) is 12.5. The lowest BCUT2D eigenvalue weighted by molar-refractivity contribution is 0.304. The first-order valence-electron chi connectivity index (χ1n) is 9.11. The molecule has 1 aromatic carbocycles. The Hall–Kier alpha value is -1.80. The molecular weight excluding hydrogens is 352 g/mol. The van der Waals surface area contributed by atoms with Gasteiger partial charge in [-0.2, -0.15) is 0 Å². The number of guanidine groups is 1. The van der Waals surface area contributed by atoms with Gasteiger partial charge in [-0.1, -0.05) is 18.2 Å². The third-order valence-electron chi connectivity index (χ3n) is 4.35. The Morgan fingerprint density at radius 1 is 1.23 bits per heavy atom. The van der Waals surface area contributed by atoms with E-state index in [2.05, 4.69) is 26.6 Å². The Balaban J connectivity index is 1.77. The third kappa shape index (κ3) is 6.84. The summed E-state index contributed by atoms with van der Waals surface area (Å²) < 4.78 is 28.3. The van der Waals surface area contributed by atoms with Crippen molar-refractivity contribution in [3.63, 3.8) is 0 Å². The van der Waals surface area contributed by atoms with Gasteiger partial charge >= 0.3 is 0 Å². The van der Waals surface area contributed by atoms with Gasteiger partial charge in [0.2, 0.25) is 0 Å². The number of hydrogen-bond acceptors (Lipinski definition) is 5. The summed E-state index contributed by atoms with van der Waals surface area (Å²) in [6, 6.07) is 8.01. The molecule has 0 aromatic heterocycles. The minimum absolute atomic E-state index is 0.258. The fourth-order valence-electron chi connectivity index (χ4n) is 2.84. The summed E-state index contributed by atoms with van der Waals surface area (Å²) in [4.78, 5) is 6.75. The molecule has 0 saturated carbocycles. The number of nitrogens with zero attached hydrogens (tertiary/aromatic N) is 2. The molecule has 0 atom stereocenters. The van der Waals surface area contributed by atoms with Crippen molar-refractivity contribution < 1.29 is 13.2 Å². The highest BCUT2D eigenvalue weighted by molar-refractivity contribution is 7.91. The lowest BCUT2D eigenvalue weighted by Crippen LogP contribution is -2.42. The smallest absolute Gasteiger partial charge is 0.191 e. The van der Waals surface area contributed by atoms with Crippen LogP contribution >= 0.6 is 0 Å². The van der Waals surface area contributed by atoms with E-state index < -0.39 is 9.84 Å². The van der Waals surface area contributed by atoms with Crippen LogP contribution < -0.4 is 15.4 Å². The largest absolute Gasteiger partial charge is 0.496 e. The van der Waals surface area contributed by atoms with Crippen LogP contribution in [0.15, 0.2) is 29.3 Å². The number of rotatable bonds is 8. The second-order valence-corrected chi connectivity index (χ2v) is 8.55. The van der Waals surface area contributed by atoms with Crippen molar-refractivity contribution in [2.45, 2.75) is 13.3 Å². The van der Waals surface area contributed by atoms with Crippen LogP contribution in [0.2, 0.25) is 0 Å². The number of sulfone groups is 1. The Labute approximate surface area is 156 Å². The van der Waals surface area contributed by atoms with Gasteiger partial charge in [0.25, 0.3) is 0 Å². The molecule has 0 unspecified atom stereocenters. The first kappa shape index (κ1) is 20.5. The minimum atomic E-state index is -2.82. The monoisotopic (exact) mass is 382 g/mol. The van der Waals surface area contributed by atoms with Gasteiger partial charge in [0, 0.05) is 32.7 Å². The molecule has 26 heavy (non-hydrogen) atoms. The molecule has 146 valence electrons. The zero-order valence-electron chi connectivity index (χ0n) is 15.7. The fraction of sp³-hybridized carbons (Fsp3) is 0.611. The number of para-hydroxylation sites is 1. The Bertz CT molecular complexity index is 677. The van der Waals surface area contributed by atoms with Crippen LogP contribution in [0.5, 0.6) is 5.75 Å². The van der Waals surface area contributed by atoms with Crippen LogP contribution in [0.25, 0.3) is 0 Å². The predicted octanol–water partition coefficient (Wildman–Crippen LogP) is 0.523. The van der Waals surface area contributed by atoms with Crippen LogP contribution in [0.3, 0.4) is 0 Å². The summed E-state index contributed by atoms with van der Waals surface area (Å²) in [6.07, 6.45) is 0.846. The van der Waals surface area contributed by atoms with Gasteiger partial charge in [0.05, 0.1) is 25.2 Å². The molecule has 1 heterocycles. The summed E-state index contributed by atoms with van der Waals surface area (Å²) in [6.45, 7) is 6.22. The number of ether oxygens (including phenoxy) is 1. The zero-order chi connectivity index (χ0) is 18.8. The lowest BCUT2D eigenvalue weighted by atomic mass is 10.1. The van der Waals surface area contributed by atoms with E-state index in [9.17, 15) is 8.42 Å². The van der Waals surface area contributed by atoms with Crippen molar-refractivity contribution >= 4 is 15.8 Å². The molecule has 1 aliphatic heterocycles. The topological polar surface area (TPSA) is 83.0 Å². The zero-order valence-corrected chi connectivity index (χ0v) is 16.5. The fourth-order valence-corrected chi connectivity index (χ4v) is 4.12. The van der Waals surface area contributed by atoms with Crippen LogP contribution in [-0.4, -0.2) is 77.2 Å². The van der Waals surface area contributed by atoms with Crippen molar-refractivity contribution in [3.05, 3.63) is 29.8 Å². The SMILES string of the molecule is CCNC(=NCCN1CCS(=O)(=O)CC1)NCCc1ccccc1OC. The standard InChI is InChI=1S/C18H30N4O3S/c1-3-19-18(20-9-8-16-6-4-5-7-17(16)25-2)21-10-11-22-12-14-26(23,24)15-13-22/h4-7H,3,8-15H2,1-2H3,(H2,19,20,21). The van der Waals surface area contributed by atoms with Crippen LogP contribution in [0, 0.1) is 0 Å². The molecule has 1 aromatic rings. The van der Waals surface area contributed by atoms with E-state index in [0.29, 0.717) is 19.6 Å². The number of hydrogen-bond donors (Lipinski definition) is 2. The van der Waals surface area contributed by atoms with Crippen molar-refractivity contribution in [1.82, 2.24) is 15.5 Å². The molecule has 7 nitrogen and oxygen atoms in total. The van der Waals surface area contributed by atoms with Gasteiger partial charge in [-0.15, -0.1) is 0 Å². The van der Waals surface area contributed by atoms with E-state index in [1.807, 2.05) is 25.1 Å². The maximum Gasteiger partial charge on any atom is 0.191 e. The Kier molecular flexibility index (Phi) is 8.18. The highest BCUT2D eigenvalue weighted by atomic mass is 32.2. The Morgan fingerprint density at radius 2 is 1.96 bits per heavy atom. The molecule has 1 fully saturated rings. The van der Waals surface area contributed by atoms with Crippen LogP contribution in [0.1, 0.15) is 12.5 Å². The predicted molar refractivity (Wildman–Crippen MR) is 106 cm³/mol. The molecule has 2 rings (SSSR count). The normalized spacial score (nSPS) is 17.7. The lowest BCUT2D eigenvalue weighted by Gasteiger charge is -2.25. The molecule has 0 aliphatic carbocycles. The van der Waals surface area contributed by atoms with Gasteiger partial charge in [0.15, 0.2) is 15.8 Å². The van der Waals surface area contributed by atoms with E-state index in [1.54, 1.807) is 7.11 Å². The molecule has 1 aliphatic rings. The summed E-state index contributed by atoms with van der Waals surface area (Å²) in [5, 5.41) is 6.58. The second-order valence-electron chi connectivity index (χ2n) is 6.24. The molecule has 0 radical (unpaired) electrons. The van der Waals surface area contributed by atoms with E-state index in [-0.39, 0.29) is 11.5 Å². The van der Waals surface area contributed by atoms with E-state index in [4.69, 9.17) is 4.74 Å². The summed E-state index contributed by atoms with van der Waals surface area (Å²) in [5.74, 6) is 2.20. The molecule has 0 amide bonds. The molecule has 0 bridgehead atoms. The van der Waals surface area contributed by atoms with Crippen LogP contribution in [-0.2, 0) is 16.3 Å². The summed E-state index contributed by atoms with van der Waals surface area (Å²) in [7, 11) is -1.14. The minimum Gasteiger partial charge on any atom is -0.496 e. The van der Waals surface area contributed by atoms with Gasteiger partial charge < -0.3 is 15.4 Å². The van der Waals surface area contributed by atoms with Crippen molar-refractivity contribution in [3.8, 4) is 5.75 Å². The van der Waals surface area contributed by atoms with E-state index in [0.717, 1.165) is 43.3 Å². The number of aliphatic imine (C=N–C) groups is 1. The number of benzene rings is 1. The molecule has 0 spiro atoms.